The van der Waals surface area contributed by atoms with Crippen LogP contribution in [0.2, 0.25) is 0 Å². The molecule has 0 bridgehead atoms. The second-order valence-corrected chi connectivity index (χ2v) is 7.03. The lowest BCUT2D eigenvalue weighted by atomic mass is 9.85. The van der Waals surface area contributed by atoms with E-state index >= 15 is 0 Å². The zero-order chi connectivity index (χ0) is 19.1. The molecule has 1 aromatic heterocycles. The van der Waals surface area contributed by atoms with Crippen LogP contribution in [0, 0.1) is 0 Å². The van der Waals surface area contributed by atoms with Crippen molar-refractivity contribution in [2.45, 2.75) is 44.1 Å². The largest absolute Gasteiger partial charge is 0.497 e. The fourth-order valence-corrected chi connectivity index (χ4v) is 3.54. The molecule has 1 aromatic carbocycles. The fourth-order valence-electron chi connectivity index (χ4n) is 3.54. The number of hydrogen-bond donors (Lipinski definition) is 2. The average molecular weight is 370 g/mol. The van der Waals surface area contributed by atoms with Crippen LogP contribution in [-0.4, -0.2) is 31.0 Å². The number of carbonyl (C=O) groups excluding carboxylic acids is 2. The van der Waals surface area contributed by atoms with Gasteiger partial charge in [-0.15, -0.1) is 0 Å². The van der Waals surface area contributed by atoms with Gasteiger partial charge in [-0.3, -0.25) is 9.59 Å². The normalized spacial score (nSPS) is 18.9. The molecule has 2 aromatic rings. The molecule has 1 fully saturated rings. The van der Waals surface area contributed by atoms with Gasteiger partial charge in [0.15, 0.2) is 0 Å². The standard InChI is InChI=1S/C21H26N2O4/c1-26-17-6-4-16(5-7-17)15-21(12-9-20(25)23-21)11-8-19(24)22-13-10-18-3-2-14-27-18/h2-7,14H,8-13,15H2,1H3,(H,22,24)(H,23,25). The van der Waals surface area contributed by atoms with E-state index < -0.39 is 0 Å². The Morgan fingerprint density at radius 1 is 1.30 bits per heavy atom. The van der Waals surface area contributed by atoms with Crippen molar-refractivity contribution in [3.8, 4) is 5.75 Å². The van der Waals surface area contributed by atoms with Gasteiger partial charge in [-0.05, 0) is 49.1 Å². The van der Waals surface area contributed by atoms with Crippen LogP contribution in [0.25, 0.3) is 0 Å². The molecule has 2 heterocycles. The quantitative estimate of drug-likeness (QED) is 0.711. The summed E-state index contributed by atoms with van der Waals surface area (Å²) in [7, 11) is 1.64. The highest BCUT2D eigenvalue weighted by Gasteiger charge is 2.37. The number of benzene rings is 1. The highest BCUT2D eigenvalue weighted by molar-refractivity contribution is 5.80. The van der Waals surface area contributed by atoms with Gasteiger partial charge in [0.2, 0.25) is 11.8 Å². The molecule has 0 spiro atoms. The van der Waals surface area contributed by atoms with Crippen molar-refractivity contribution in [3.05, 3.63) is 54.0 Å². The number of carbonyl (C=O) groups is 2. The molecule has 2 N–H and O–H groups in total. The number of nitrogens with one attached hydrogen (secondary N) is 2. The van der Waals surface area contributed by atoms with Gasteiger partial charge in [0.25, 0.3) is 0 Å². The van der Waals surface area contributed by atoms with Gasteiger partial charge in [0.1, 0.15) is 11.5 Å². The van der Waals surface area contributed by atoms with Crippen LogP contribution in [0.4, 0.5) is 0 Å². The minimum Gasteiger partial charge on any atom is -0.497 e. The summed E-state index contributed by atoms with van der Waals surface area (Å²) in [5.74, 6) is 1.71. The smallest absolute Gasteiger partial charge is 0.220 e. The van der Waals surface area contributed by atoms with E-state index in [0.29, 0.717) is 38.6 Å². The molecule has 2 amide bonds. The van der Waals surface area contributed by atoms with Crippen molar-refractivity contribution >= 4 is 11.8 Å². The van der Waals surface area contributed by atoms with E-state index in [-0.39, 0.29) is 17.4 Å². The summed E-state index contributed by atoms with van der Waals surface area (Å²) in [6.07, 6.45) is 5.28. The first-order valence-corrected chi connectivity index (χ1v) is 9.32. The highest BCUT2D eigenvalue weighted by atomic mass is 16.5. The third-order valence-corrected chi connectivity index (χ3v) is 5.04. The van der Waals surface area contributed by atoms with Crippen molar-refractivity contribution < 1.29 is 18.7 Å². The Hall–Kier alpha value is -2.76. The van der Waals surface area contributed by atoms with E-state index in [0.717, 1.165) is 23.5 Å². The summed E-state index contributed by atoms with van der Waals surface area (Å²) < 4.78 is 10.5. The summed E-state index contributed by atoms with van der Waals surface area (Å²) in [5.41, 5.74) is 0.764. The molecular weight excluding hydrogens is 344 g/mol. The minimum atomic E-state index is -0.357. The van der Waals surface area contributed by atoms with E-state index in [9.17, 15) is 9.59 Å². The summed E-state index contributed by atoms with van der Waals surface area (Å²) in [5, 5.41) is 6.04. The van der Waals surface area contributed by atoms with E-state index in [1.807, 2.05) is 36.4 Å². The molecule has 1 aliphatic heterocycles. The van der Waals surface area contributed by atoms with E-state index in [2.05, 4.69) is 10.6 Å². The Morgan fingerprint density at radius 3 is 2.74 bits per heavy atom. The summed E-state index contributed by atoms with van der Waals surface area (Å²) in [6.45, 7) is 0.546. The van der Waals surface area contributed by atoms with E-state index in [1.54, 1.807) is 13.4 Å². The maximum Gasteiger partial charge on any atom is 0.220 e. The summed E-state index contributed by atoms with van der Waals surface area (Å²) in [4.78, 5) is 24.1. The molecule has 1 saturated heterocycles. The first kappa shape index (κ1) is 19.0. The first-order chi connectivity index (χ1) is 13.1. The Labute approximate surface area is 159 Å². The molecule has 0 aliphatic carbocycles. The van der Waals surface area contributed by atoms with Crippen LogP contribution < -0.4 is 15.4 Å². The average Bonchev–Trinajstić information content (AvgIpc) is 3.31. The zero-order valence-electron chi connectivity index (χ0n) is 15.6. The third-order valence-electron chi connectivity index (χ3n) is 5.04. The molecule has 6 nitrogen and oxygen atoms in total. The van der Waals surface area contributed by atoms with Gasteiger partial charge in [-0.2, -0.15) is 0 Å². The SMILES string of the molecule is COc1ccc(CC2(CCC(=O)NCCc3ccco3)CCC(=O)N2)cc1. The maximum atomic E-state index is 12.2. The number of amides is 2. The van der Waals surface area contributed by atoms with Crippen LogP contribution in [0.15, 0.2) is 47.1 Å². The van der Waals surface area contributed by atoms with Crippen molar-refractivity contribution in [2.24, 2.45) is 0 Å². The topological polar surface area (TPSA) is 80.6 Å². The van der Waals surface area contributed by atoms with Crippen LogP contribution in [0.3, 0.4) is 0 Å². The molecule has 3 rings (SSSR count). The van der Waals surface area contributed by atoms with Gasteiger partial charge in [-0.25, -0.2) is 0 Å². The van der Waals surface area contributed by atoms with Gasteiger partial charge < -0.3 is 19.8 Å². The van der Waals surface area contributed by atoms with Gasteiger partial charge in [-0.1, -0.05) is 12.1 Å². The number of furan rings is 1. The monoisotopic (exact) mass is 370 g/mol. The lowest BCUT2D eigenvalue weighted by molar-refractivity contribution is -0.122. The predicted molar refractivity (Wildman–Crippen MR) is 101 cm³/mol. The number of hydrogen-bond acceptors (Lipinski definition) is 4. The lowest BCUT2D eigenvalue weighted by Gasteiger charge is -2.29. The third kappa shape index (κ3) is 5.36. The number of ether oxygens (including phenoxy) is 1. The summed E-state index contributed by atoms with van der Waals surface area (Å²) in [6, 6.07) is 11.6. The van der Waals surface area contributed by atoms with Gasteiger partial charge >= 0.3 is 0 Å². The Bertz CT molecular complexity index is 755. The van der Waals surface area contributed by atoms with Crippen LogP contribution in [-0.2, 0) is 22.4 Å². The Balaban J connectivity index is 1.52. The maximum absolute atomic E-state index is 12.2. The molecule has 144 valence electrons. The van der Waals surface area contributed by atoms with Crippen LogP contribution in [0.5, 0.6) is 5.75 Å². The number of rotatable bonds is 9. The molecule has 27 heavy (non-hydrogen) atoms. The van der Waals surface area contributed by atoms with Crippen LogP contribution >= 0.6 is 0 Å². The predicted octanol–water partition coefficient (Wildman–Crippen LogP) is 2.62. The first-order valence-electron chi connectivity index (χ1n) is 9.32. The molecule has 6 heteroatoms. The van der Waals surface area contributed by atoms with Crippen molar-refractivity contribution in [3.63, 3.8) is 0 Å². The zero-order valence-corrected chi connectivity index (χ0v) is 15.6. The van der Waals surface area contributed by atoms with Gasteiger partial charge in [0, 0.05) is 31.3 Å². The second-order valence-electron chi connectivity index (χ2n) is 7.03. The highest BCUT2D eigenvalue weighted by Crippen LogP contribution is 2.30. The van der Waals surface area contributed by atoms with E-state index in [4.69, 9.17) is 9.15 Å². The van der Waals surface area contributed by atoms with Crippen molar-refractivity contribution in [1.29, 1.82) is 0 Å². The second kappa shape index (κ2) is 8.75. The Kier molecular flexibility index (Phi) is 6.16. The van der Waals surface area contributed by atoms with Crippen molar-refractivity contribution in [2.75, 3.05) is 13.7 Å². The van der Waals surface area contributed by atoms with E-state index in [1.165, 1.54) is 0 Å². The molecular formula is C21H26N2O4. The fraction of sp³-hybridized carbons (Fsp3) is 0.429. The number of methoxy groups -OCH3 is 1. The lowest BCUT2D eigenvalue weighted by Crippen LogP contribution is -2.44. The molecule has 0 radical (unpaired) electrons. The minimum absolute atomic E-state index is 0.00295. The molecule has 1 atom stereocenters. The molecule has 1 unspecified atom stereocenters. The van der Waals surface area contributed by atoms with Gasteiger partial charge in [0.05, 0.1) is 13.4 Å². The molecule has 0 saturated carbocycles. The summed E-state index contributed by atoms with van der Waals surface area (Å²) >= 11 is 0. The Morgan fingerprint density at radius 2 is 2.11 bits per heavy atom. The molecule has 1 aliphatic rings. The van der Waals surface area contributed by atoms with Crippen molar-refractivity contribution in [1.82, 2.24) is 10.6 Å². The van der Waals surface area contributed by atoms with Crippen LogP contribution in [0.1, 0.15) is 37.0 Å².